The van der Waals surface area contributed by atoms with Crippen molar-refractivity contribution in [3.8, 4) is 5.75 Å². The molecule has 0 spiro atoms. The molecule has 0 saturated heterocycles. The van der Waals surface area contributed by atoms with Crippen molar-refractivity contribution in [1.82, 2.24) is 4.90 Å². The first-order valence-corrected chi connectivity index (χ1v) is 7.28. The number of hydrogen-bond donors (Lipinski definition) is 1. The summed E-state index contributed by atoms with van der Waals surface area (Å²) in [5, 5.41) is 2.79. The van der Waals surface area contributed by atoms with Crippen LogP contribution in [0.2, 0.25) is 0 Å². The Morgan fingerprint density at radius 2 is 2.05 bits per heavy atom. The Balaban J connectivity index is 1.95. The van der Waals surface area contributed by atoms with Crippen LogP contribution in [0.4, 0.5) is 5.69 Å². The SMILES string of the molecule is CCN(CC(=O)Nc1ccccc1OC)C(=O)C1CC1C. The fourth-order valence-electron chi connectivity index (χ4n) is 2.36. The molecule has 0 aliphatic heterocycles. The lowest BCUT2D eigenvalue weighted by molar-refractivity contribution is -0.135. The number of nitrogens with zero attached hydrogens (tertiary/aromatic N) is 1. The van der Waals surface area contributed by atoms with Gasteiger partial charge in [0.2, 0.25) is 11.8 Å². The molecule has 2 unspecified atom stereocenters. The Morgan fingerprint density at radius 1 is 1.38 bits per heavy atom. The van der Waals surface area contributed by atoms with Gasteiger partial charge < -0.3 is 15.0 Å². The summed E-state index contributed by atoms with van der Waals surface area (Å²) in [6.07, 6.45) is 0.934. The number of anilines is 1. The zero-order valence-corrected chi connectivity index (χ0v) is 12.8. The molecule has 21 heavy (non-hydrogen) atoms. The highest BCUT2D eigenvalue weighted by Gasteiger charge is 2.41. The Morgan fingerprint density at radius 3 is 2.62 bits per heavy atom. The second-order valence-electron chi connectivity index (χ2n) is 5.42. The maximum Gasteiger partial charge on any atom is 0.244 e. The third-order valence-corrected chi connectivity index (χ3v) is 3.84. The lowest BCUT2D eigenvalue weighted by Gasteiger charge is -2.20. The molecular weight excluding hydrogens is 268 g/mol. The van der Waals surface area contributed by atoms with Gasteiger partial charge in [0.05, 0.1) is 19.3 Å². The molecular formula is C16H22N2O3. The van der Waals surface area contributed by atoms with Gasteiger partial charge >= 0.3 is 0 Å². The van der Waals surface area contributed by atoms with Gasteiger partial charge in [0.15, 0.2) is 0 Å². The molecule has 5 nitrogen and oxygen atoms in total. The van der Waals surface area contributed by atoms with Crippen molar-refractivity contribution in [1.29, 1.82) is 0 Å². The number of likely N-dealkylation sites (N-methyl/N-ethyl adjacent to an activating group) is 1. The lowest BCUT2D eigenvalue weighted by Crippen LogP contribution is -2.39. The van der Waals surface area contributed by atoms with Gasteiger partial charge in [-0.2, -0.15) is 0 Å². The van der Waals surface area contributed by atoms with Gasteiger partial charge in [-0.05, 0) is 31.4 Å². The summed E-state index contributed by atoms with van der Waals surface area (Å²) in [7, 11) is 1.56. The number of carbonyl (C=O) groups is 2. The summed E-state index contributed by atoms with van der Waals surface area (Å²) >= 11 is 0. The minimum atomic E-state index is -0.206. The fourth-order valence-corrected chi connectivity index (χ4v) is 2.36. The zero-order chi connectivity index (χ0) is 15.4. The molecule has 1 aliphatic carbocycles. The predicted molar refractivity (Wildman–Crippen MR) is 81.1 cm³/mol. The minimum Gasteiger partial charge on any atom is -0.495 e. The topological polar surface area (TPSA) is 58.6 Å². The third-order valence-electron chi connectivity index (χ3n) is 3.84. The summed E-state index contributed by atoms with van der Waals surface area (Å²) in [5.41, 5.74) is 0.619. The number of nitrogens with one attached hydrogen (secondary N) is 1. The summed E-state index contributed by atoms with van der Waals surface area (Å²) in [6, 6.07) is 7.22. The van der Waals surface area contributed by atoms with Crippen LogP contribution >= 0.6 is 0 Å². The standard InChI is InChI=1S/C16H22N2O3/c1-4-18(16(20)12-9-11(12)2)10-15(19)17-13-7-5-6-8-14(13)21-3/h5-8,11-12H,4,9-10H2,1-3H3,(H,17,19). The maximum atomic E-state index is 12.2. The van der Waals surface area contributed by atoms with Crippen molar-refractivity contribution in [2.45, 2.75) is 20.3 Å². The minimum absolute atomic E-state index is 0.0800. The van der Waals surface area contributed by atoms with Crippen molar-refractivity contribution in [2.75, 3.05) is 25.5 Å². The van der Waals surface area contributed by atoms with Crippen molar-refractivity contribution in [2.24, 2.45) is 11.8 Å². The van der Waals surface area contributed by atoms with Crippen molar-refractivity contribution in [3.05, 3.63) is 24.3 Å². The fraction of sp³-hybridized carbons (Fsp3) is 0.500. The smallest absolute Gasteiger partial charge is 0.244 e. The predicted octanol–water partition coefficient (Wildman–Crippen LogP) is 2.14. The van der Waals surface area contributed by atoms with Crippen molar-refractivity contribution >= 4 is 17.5 Å². The van der Waals surface area contributed by atoms with E-state index >= 15 is 0 Å². The maximum absolute atomic E-state index is 12.2. The van der Waals surface area contributed by atoms with Crippen LogP contribution in [0.15, 0.2) is 24.3 Å². The average Bonchev–Trinajstić information content (AvgIpc) is 3.21. The van der Waals surface area contributed by atoms with Gasteiger partial charge in [0.1, 0.15) is 5.75 Å². The highest BCUT2D eigenvalue weighted by molar-refractivity contribution is 5.96. The van der Waals surface area contributed by atoms with Crippen LogP contribution in [0, 0.1) is 11.8 Å². The van der Waals surface area contributed by atoms with Crippen molar-refractivity contribution < 1.29 is 14.3 Å². The Labute approximate surface area is 125 Å². The first-order valence-electron chi connectivity index (χ1n) is 7.28. The molecule has 0 radical (unpaired) electrons. The van der Waals surface area contributed by atoms with Crippen LogP contribution in [0.5, 0.6) is 5.75 Å². The number of benzene rings is 1. The summed E-state index contributed by atoms with van der Waals surface area (Å²) < 4.78 is 5.19. The van der Waals surface area contributed by atoms with Crippen LogP contribution < -0.4 is 10.1 Å². The van der Waals surface area contributed by atoms with E-state index in [9.17, 15) is 9.59 Å². The molecule has 1 aromatic carbocycles. The van der Waals surface area contributed by atoms with Crippen LogP contribution in [0.1, 0.15) is 20.3 Å². The molecule has 2 rings (SSSR count). The van der Waals surface area contributed by atoms with Crippen LogP contribution in [0.25, 0.3) is 0 Å². The molecule has 1 aromatic rings. The normalized spacial score (nSPS) is 19.8. The molecule has 5 heteroatoms. The Bertz CT molecular complexity index is 530. The Kier molecular flexibility index (Phi) is 4.83. The summed E-state index contributed by atoms with van der Waals surface area (Å²) in [4.78, 5) is 25.9. The van der Waals surface area contributed by atoms with Crippen LogP contribution in [0.3, 0.4) is 0 Å². The molecule has 1 aliphatic rings. The average molecular weight is 290 g/mol. The van der Waals surface area contributed by atoms with E-state index in [0.717, 1.165) is 6.42 Å². The van der Waals surface area contributed by atoms with Gasteiger partial charge in [0, 0.05) is 12.5 Å². The van der Waals surface area contributed by atoms with E-state index in [1.54, 1.807) is 24.1 Å². The van der Waals surface area contributed by atoms with Gasteiger partial charge in [-0.1, -0.05) is 19.1 Å². The molecule has 2 amide bonds. The quantitative estimate of drug-likeness (QED) is 0.873. The van der Waals surface area contributed by atoms with E-state index in [-0.39, 0.29) is 24.3 Å². The molecule has 1 N–H and O–H groups in total. The second kappa shape index (κ2) is 6.61. The summed E-state index contributed by atoms with van der Waals surface area (Å²) in [5.74, 6) is 1.03. The zero-order valence-electron chi connectivity index (χ0n) is 12.8. The highest BCUT2D eigenvalue weighted by atomic mass is 16.5. The number of ether oxygens (including phenoxy) is 1. The lowest BCUT2D eigenvalue weighted by atomic mass is 10.2. The molecule has 1 saturated carbocycles. The number of rotatable bonds is 6. The van der Waals surface area contributed by atoms with E-state index in [2.05, 4.69) is 12.2 Å². The van der Waals surface area contributed by atoms with Gasteiger partial charge in [-0.25, -0.2) is 0 Å². The van der Waals surface area contributed by atoms with Crippen LogP contribution in [-0.4, -0.2) is 36.9 Å². The van der Waals surface area contributed by atoms with Gasteiger partial charge in [0.25, 0.3) is 0 Å². The number of amides is 2. The molecule has 0 heterocycles. The number of methoxy groups -OCH3 is 1. The van der Waals surface area contributed by atoms with Gasteiger partial charge in [-0.15, -0.1) is 0 Å². The largest absolute Gasteiger partial charge is 0.495 e. The number of hydrogen-bond acceptors (Lipinski definition) is 3. The van der Waals surface area contributed by atoms with E-state index in [1.807, 2.05) is 19.1 Å². The molecule has 1 fully saturated rings. The number of carbonyl (C=O) groups excluding carboxylic acids is 2. The number of para-hydroxylation sites is 2. The molecule has 0 bridgehead atoms. The van der Waals surface area contributed by atoms with E-state index in [0.29, 0.717) is 23.9 Å². The van der Waals surface area contributed by atoms with Gasteiger partial charge in [-0.3, -0.25) is 9.59 Å². The third kappa shape index (κ3) is 3.74. The molecule has 114 valence electrons. The first kappa shape index (κ1) is 15.4. The second-order valence-corrected chi connectivity index (χ2v) is 5.42. The highest BCUT2D eigenvalue weighted by Crippen LogP contribution is 2.39. The summed E-state index contributed by atoms with van der Waals surface area (Å²) in [6.45, 7) is 4.57. The first-order chi connectivity index (χ1) is 10.1. The van der Waals surface area contributed by atoms with Crippen molar-refractivity contribution in [3.63, 3.8) is 0 Å². The van der Waals surface area contributed by atoms with E-state index < -0.39 is 0 Å². The monoisotopic (exact) mass is 290 g/mol. The molecule has 2 atom stereocenters. The molecule has 0 aromatic heterocycles. The van der Waals surface area contributed by atoms with Crippen LogP contribution in [-0.2, 0) is 9.59 Å². The van der Waals surface area contributed by atoms with E-state index in [4.69, 9.17) is 4.74 Å². The Hall–Kier alpha value is -2.04. The van der Waals surface area contributed by atoms with E-state index in [1.165, 1.54) is 0 Å².